The second-order valence-electron chi connectivity index (χ2n) is 6.07. The molecule has 1 heterocycles. The minimum Gasteiger partial charge on any atom is -0.434 e. The van der Waals surface area contributed by atoms with Gasteiger partial charge >= 0.3 is 6.61 Å². The molecule has 1 aliphatic heterocycles. The van der Waals surface area contributed by atoms with Crippen LogP contribution in [0.25, 0.3) is 0 Å². The molecule has 152 valence electrons. The monoisotopic (exact) mass is 425 g/mol. The number of thiocarbonyl (C=S) groups is 1. The van der Waals surface area contributed by atoms with Gasteiger partial charge < -0.3 is 20.7 Å². The number of rotatable bonds is 5. The molecule has 3 rings (SSSR count). The van der Waals surface area contributed by atoms with E-state index in [0.29, 0.717) is 5.70 Å². The van der Waals surface area contributed by atoms with Crippen LogP contribution in [0.15, 0.2) is 53.7 Å². The van der Waals surface area contributed by atoms with Crippen LogP contribution in [0, 0.1) is 11.6 Å². The number of amides is 1. The third kappa shape index (κ3) is 4.65. The third-order valence-electron chi connectivity index (χ3n) is 4.14. The Labute approximate surface area is 168 Å². The first-order valence-electron chi connectivity index (χ1n) is 8.34. The summed E-state index contributed by atoms with van der Waals surface area (Å²) in [6.45, 7) is -1.48. The SMILES string of the molecule is CC1=C(C(=O)Nc2ccc(F)c(F)c2)C(c2ccccc2OC(F)F)NC(=S)N1. The second kappa shape index (κ2) is 8.48. The molecular weight excluding hydrogens is 410 g/mol. The maximum atomic E-state index is 13.4. The van der Waals surface area contributed by atoms with Gasteiger partial charge in [0.15, 0.2) is 16.7 Å². The van der Waals surface area contributed by atoms with Gasteiger partial charge in [0, 0.05) is 23.0 Å². The zero-order valence-corrected chi connectivity index (χ0v) is 15.7. The molecule has 5 nitrogen and oxygen atoms in total. The Hall–Kier alpha value is -3.14. The van der Waals surface area contributed by atoms with Crippen molar-refractivity contribution < 1.29 is 27.1 Å². The lowest BCUT2D eigenvalue weighted by Crippen LogP contribution is -2.45. The highest BCUT2D eigenvalue weighted by Crippen LogP contribution is 2.34. The second-order valence-corrected chi connectivity index (χ2v) is 6.48. The van der Waals surface area contributed by atoms with E-state index in [1.807, 2.05) is 0 Å². The van der Waals surface area contributed by atoms with E-state index in [2.05, 4.69) is 20.7 Å². The number of carbonyl (C=O) groups excluding carboxylic acids is 1. The number of allylic oxidation sites excluding steroid dienone is 1. The average Bonchev–Trinajstić information content (AvgIpc) is 2.64. The standard InChI is InChI=1S/C19H15F4N3O2S/c1-9-15(17(27)25-10-6-7-12(20)13(21)8-10)16(26-19(29)24-9)11-4-2-3-5-14(11)28-18(22)23/h2-8,16,18H,1H3,(H,25,27)(H2,24,26,29). The van der Waals surface area contributed by atoms with Crippen LogP contribution in [0.1, 0.15) is 18.5 Å². The fourth-order valence-electron chi connectivity index (χ4n) is 2.92. The van der Waals surface area contributed by atoms with Crippen molar-refractivity contribution in [1.82, 2.24) is 10.6 Å². The largest absolute Gasteiger partial charge is 0.434 e. The maximum absolute atomic E-state index is 13.4. The van der Waals surface area contributed by atoms with Crippen molar-refractivity contribution in [2.24, 2.45) is 0 Å². The van der Waals surface area contributed by atoms with Crippen molar-refractivity contribution >= 4 is 28.9 Å². The number of nitrogens with one attached hydrogen (secondary N) is 3. The quantitative estimate of drug-likeness (QED) is 0.500. The number of halogens is 4. The van der Waals surface area contributed by atoms with Crippen molar-refractivity contribution in [3.63, 3.8) is 0 Å². The Morgan fingerprint density at radius 1 is 1.17 bits per heavy atom. The number of benzene rings is 2. The Morgan fingerprint density at radius 3 is 2.59 bits per heavy atom. The lowest BCUT2D eigenvalue weighted by atomic mass is 9.94. The summed E-state index contributed by atoms with van der Waals surface area (Å²) < 4.78 is 56.7. The number of anilines is 1. The summed E-state index contributed by atoms with van der Waals surface area (Å²) in [5, 5.41) is 8.30. The minimum absolute atomic E-state index is 0.0261. The molecular formula is C19H15F4N3O2S. The third-order valence-corrected chi connectivity index (χ3v) is 4.36. The number of para-hydroxylation sites is 1. The van der Waals surface area contributed by atoms with Crippen molar-refractivity contribution in [2.75, 3.05) is 5.32 Å². The zero-order valence-electron chi connectivity index (χ0n) is 14.9. The number of hydrogen-bond donors (Lipinski definition) is 3. The Morgan fingerprint density at radius 2 is 1.90 bits per heavy atom. The first kappa shape index (κ1) is 20.6. The molecule has 0 fully saturated rings. The normalized spacial score (nSPS) is 16.3. The summed E-state index contributed by atoms with van der Waals surface area (Å²) in [6, 6.07) is 7.96. The number of alkyl halides is 2. The van der Waals surface area contributed by atoms with Gasteiger partial charge in [-0.3, -0.25) is 4.79 Å². The molecule has 0 saturated carbocycles. The van der Waals surface area contributed by atoms with Gasteiger partial charge in [0.1, 0.15) is 5.75 Å². The molecule has 0 aliphatic carbocycles. The average molecular weight is 425 g/mol. The van der Waals surface area contributed by atoms with Gasteiger partial charge in [-0.15, -0.1) is 0 Å². The summed E-state index contributed by atoms with van der Waals surface area (Å²) in [6.07, 6.45) is 0. The molecule has 1 unspecified atom stereocenters. The Bertz CT molecular complexity index is 997. The molecule has 1 atom stereocenters. The van der Waals surface area contributed by atoms with Gasteiger partial charge in [-0.05, 0) is 37.3 Å². The van der Waals surface area contributed by atoms with Gasteiger partial charge in [-0.1, -0.05) is 18.2 Å². The minimum atomic E-state index is -3.06. The first-order valence-corrected chi connectivity index (χ1v) is 8.75. The van der Waals surface area contributed by atoms with Crippen molar-refractivity contribution in [3.8, 4) is 5.75 Å². The van der Waals surface area contributed by atoms with Gasteiger partial charge in [-0.25, -0.2) is 8.78 Å². The van der Waals surface area contributed by atoms with Crippen LogP contribution in [0.4, 0.5) is 23.2 Å². The highest BCUT2D eigenvalue weighted by Gasteiger charge is 2.32. The van der Waals surface area contributed by atoms with Crippen LogP contribution >= 0.6 is 12.2 Å². The van der Waals surface area contributed by atoms with E-state index >= 15 is 0 Å². The van der Waals surface area contributed by atoms with Crippen LogP contribution in [0.2, 0.25) is 0 Å². The molecule has 0 bridgehead atoms. The molecule has 0 aromatic heterocycles. The van der Waals surface area contributed by atoms with E-state index in [9.17, 15) is 22.4 Å². The lowest BCUT2D eigenvalue weighted by Gasteiger charge is -2.31. The van der Waals surface area contributed by atoms with E-state index in [0.717, 1.165) is 12.1 Å². The van der Waals surface area contributed by atoms with Crippen LogP contribution < -0.4 is 20.7 Å². The Kier molecular flexibility index (Phi) is 6.02. The zero-order chi connectivity index (χ0) is 21.1. The van der Waals surface area contributed by atoms with E-state index in [4.69, 9.17) is 12.2 Å². The lowest BCUT2D eigenvalue weighted by molar-refractivity contribution is -0.113. The van der Waals surface area contributed by atoms with Crippen molar-refractivity contribution in [1.29, 1.82) is 0 Å². The predicted molar refractivity (Wildman–Crippen MR) is 102 cm³/mol. The summed E-state index contributed by atoms with van der Waals surface area (Å²) in [5.41, 5.74) is 0.768. The van der Waals surface area contributed by atoms with Crippen LogP contribution in [-0.2, 0) is 4.79 Å². The van der Waals surface area contributed by atoms with Crippen molar-refractivity contribution in [3.05, 3.63) is 70.9 Å². The van der Waals surface area contributed by atoms with Gasteiger partial charge in [0.25, 0.3) is 5.91 Å². The van der Waals surface area contributed by atoms with E-state index in [1.54, 1.807) is 13.0 Å². The van der Waals surface area contributed by atoms with Crippen LogP contribution in [-0.4, -0.2) is 17.6 Å². The maximum Gasteiger partial charge on any atom is 0.387 e. The number of hydrogen-bond acceptors (Lipinski definition) is 3. The summed E-state index contributed by atoms with van der Waals surface area (Å²) in [4.78, 5) is 12.9. The molecule has 3 N–H and O–H groups in total. The highest BCUT2D eigenvalue weighted by atomic mass is 32.1. The fraction of sp³-hybridized carbons (Fsp3) is 0.158. The molecule has 29 heavy (non-hydrogen) atoms. The molecule has 2 aromatic carbocycles. The fourth-order valence-corrected chi connectivity index (χ4v) is 3.19. The highest BCUT2D eigenvalue weighted by molar-refractivity contribution is 7.80. The molecule has 1 amide bonds. The van der Waals surface area contributed by atoms with E-state index < -0.39 is 30.2 Å². The molecule has 0 radical (unpaired) electrons. The molecule has 2 aromatic rings. The molecule has 0 spiro atoms. The van der Waals surface area contributed by atoms with Gasteiger partial charge in [0.2, 0.25) is 0 Å². The molecule has 1 aliphatic rings. The van der Waals surface area contributed by atoms with Crippen LogP contribution in [0.5, 0.6) is 5.75 Å². The molecule has 0 saturated heterocycles. The topological polar surface area (TPSA) is 62.4 Å². The van der Waals surface area contributed by atoms with E-state index in [1.165, 1.54) is 24.3 Å². The van der Waals surface area contributed by atoms with Crippen LogP contribution in [0.3, 0.4) is 0 Å². The van der Waals surface area contributed by atoms with Gasteiger partial charge in [0.05, 0.1) is 11.6 Å². The summed E-state index contributed by atoms with van der Waals surface area (Å²) in [5.74, 6) is -2.97. The summed E-state index contributed by atoms with van der Waals surface area (Å²) in [7, 11) is 0. The number of ether oxygens (including phenoxy) is 1. The smallest absolute Gasteiger partial charge is 0.387 e. The Balaban J connectivity index is 1.98. The number of carbonyl (C=O) groups is 1. The first-order chi connectivity index (χ1) is 13.8. The van der Waals surface area contributed by atoms with Crippen molar-refractivity contribution in [2.45, 2.75) is 19.6 Å². The van der Waals surface area contributed by atoms with E-state index in [-0.39, 0.29) is 27.7 Å². The summed E-state index contributed by atoms with van der Waals surface area (Å²) >= 11 is 5.12. The van der Waals surface area contributed by atoms with Gasteiger partial charge in [-0.2, -0.15) is 8.78 Å². The molecule has 10 heteroatoms. The predicted octanol–water partition coefficient (Wildman–Crippen LogP) is 4.00.